The van der Waals surface area contributed by atoms with E-state index in [2.05, 4.69) is 9.98 Å². The van der Waals surface area contributed by atoms with Crippen LogP contribution in [0.25, 0.3) is 10.9 Å². The van der Waals surface area contributed by atoms with Crippen molar-refractivity contribution in [2.45, 2.75) is 12.5 Å². The van der Waals surface area contributed by atoms with Gasteiger partial charge in [-0.15, -0.1) is 0 Å². The van der Waals surface area contributed by atoms with Crippen LogP contribution in [0.1, 0.15) is 27.5 Å². The number of nitrogens with zero attached hydrogens (tertiary/aromatic N) is 3. The molecule has 0 spiro atoms. The molecule has 8 heteroatoms. The van der Waals surface area contributed by atoms with Gasteiger partial charge in [-0.1, -0.05) is 17.7 Å². The number of benzene rings is 1. The summed E-state index contributed by atoms with van der Waals surface area (Å²) in [5.74, 6) is -2.34. The van der Waals surface area contributed by atoms with Crippen molar-refractivity contribution in [3.05, 3.63) is 70.5 Å². The van der Waals surface area contributed by atoms with Crippen molar-refractivity contribution in [3.8, 4) is 0 Å². The normalized spacial score (nSPS) is 16.0. The average Bonchev–Trinajstić information content (AvgIpc) is 2.95. The third-order valence-electron chi connectivity index (χ3n) is 4.61. The van der Waals surface area contributed by atoms with Crippen molar-refractivity contribution in [1.29, 1.82) is 0 Å². The highest BCUT2D eigenvalue weighted by Crippen LogP contribution is 2.36. The van der Waals surface area contributed by atoms with Gasteiger partial charge in [0.15, 0.2) is 0 Å². The summed E-state index contributed by atoms with van der Waals surface area (Å²) < 4.78 is 1.59. The monoisotopic (exact) mass is 393 g/mol. The first-order valence-electron chi connectivity index (χ1n) is 8.44. The number of rotatable bonds is 4. The van der Waals surface area contributed by atoms with E-state index in [1.54, 1.807) is 53.2 Å². The van der Waals surface area contributed by atoms with Crippen LogP contribution in [0.3, 0.4) is 0 Å². The lowest BCUT2D eigenvalue weighted by Gasteiger charge is -2.16. The van der Waals surface area contributed by atoms with Crippen molar-refractivity contribution in [3.63, 3.8) is 0 Å². The number of hydrogen-bond donors (Lipinski definition) is 1. The fourth-order valence-electron chi connectivity index (χ4n) is 3.49. The molecule has 140 valence electrons. The van der Waals surface area contributed by atoms with Gasteiger partial charge in [0.25, 0.3) is 5.91 Å². The van der Waals surface area contributed by atoms with Gasteiger partial charge >= 0.3 is 0 Å². The minimum absolute atomic E-state index is 0.0900. The topological polar surface area (TPSA) is 113 Å². The zero-order valence-electron chi connectivity index (χ0n) is 14.5. The van der Waals surface area contributed by atoms with Crippen LogP contribution in [-0.4, -0.2) is 27.6 Å². The maximum atomic E-state index is 12.4. The van der Waals surface area contributed by atoms with Gasteiger partial charge in [-0.25, -0.2) is 9.98 Å². The smallest absolute Gasteiger partial charge is 0.257 e. The van der Waals surface area contributed by atoms with E-state index >= 15 is 0 Å². The summed E-state index contributed by atoms with van der Waals surface area (Å²) in [5, 5.41) is 13.1. The number of carbonyl (C=O) groups is 2. The summed E-state index contributed by atoms with van der Waals surface area (Å²) in [4.78, 5) is 32.3. The first-order chi connectivity index (χ1) is 13.5. The van der Waals surface area contributed by atoms with Crippen LogP contribution in [0.2, 0.25) is 5.02 Å². The first-order valence-corrected chi connectivity index (χ1v) is 8.81. The average molecular weight is 394 g/mol. The molecule has 1 atom stereocenters. The quantitative estimate of drug-likeness (QED) is 0.727. The summed E-state index contributed by atoms with van der Waals surface area (Å²) in [6.07, 6.45) is 6.16. The zero-order valence-corrected chi connectivity index (χ0v) is 15.3. The predicted molar refractivity (Wildman–Crippen MR) is 104 cm³/mol. The van der Waals surface area contributed by atoms with Crippen molar-refractivity contribution < 1.29 is 14.7 Å². The molecule has 3 heterocycles. The van der Waals surface area contributed by atoms with Crippen LogP contribution >= 0.6 is 11.6 Å². The van der Waals surface area contributed by atoms with Gasteiger partial charge in [0.05, 0.1) is 17.6 Å². The molecule has 0 saturated carbocycles. The van der Waals surface area contributed by atoms with Crippen molar-refractivity contribution in [2.24, 2.45) is 4.99 Å². The Morgan fingerprint density at radius 2 is 2.11 bits per heavy atom. The number of carboxylic acid groups (broad SMARTS) is 1. The molecule has 7 nitrogen and oxygen atoms in total. The number of aliphatic imine (C=N–C) groups is 1. The zero-order chi connectivity index (χ0) is 19.8. The first kappa shape index (κ1) is 17.9. The maximum absolute atomic E-state index is 12.4. The Hall–Kier alpha value is -3.45. The molecule has 2 aromatic heterocycles. The molecule has 1 aliphatic heterocycles. The molecule has 3 aromatic rings. The highest BCUT2D eigenvalue weighted by atomic mass is 35.5. The molecule has 1 amide bonds. The van der Waals surface area contributed by atoms with E-state index in [4.69, 9.17) is 17.3 Å². The summed E-state index contributed by atoms with van der Waals surface area (Å²) in [6, 6.07) is 8.44. The molecule has 0 saturated heterocycles. The van der Waals surface area contributed by atoms with Crippen molar-refractivity contribution >= 4 is 46.4 Å². The highest BCUT2D eigenvalue weighted by molar-refractivity contribution is 6.31. The largest absolute Gasteiger partial charge is 0.543 e. The van der Waals surface area contributed by atoms with E-state index in [1.165, 1.54) is 6.21 Å². The minimum atomic E-state index is -1.39. The number of halogens is 1. The lowest BCUT2D eigenvalue weighted by Crippen LogP contribution is -2.28. The Labute approximate surface area is 164 Å². The van der Waals surface area contributed by atoms with E-state index < -0.39 is 17.8 Å². The summed E-state index contributed by atoms with van der Waals surface area (Å²) in [6.45, 7) is 0.210. The number of amides is 1. The summed E-state index contributed by atoms with van der Waals surface area (Å²) in [7, 11) is 0. The number of carbonyl (C=O) groups excluding carboxylic acids is 2. The van der Waals surface area contributed by atoms with Crippen LogP contribution < -0.4 is 10.8 Å². The number of anilines is 1. The number of allylic oxidation sites excluding steroid dienone is 1. The number of aromatic carboxylic acids is 1. The number of hydrogen-bond acceptors (Lipinski definition) is 5. The number of carboxylic acids is 1. The molecule has 1 aromatic carbocycles. The van der Waals surface area contributed by atoms with Crippen LogP contribution in [0.5, 0.6) is 0 Å². The third-order valence-corrected chi connectivity index (χ3v) is 4.85. The van der Waals surface area contributed by atoms with E-state index in [0.29, 0.717) is 27.3 Å². The Morgan fingerprint density at radius 1 is 1.29 bits per heavy atom. The van der Waals surface area contributed by atoms with E-state index in [9.17, 15) is 14.7 Å². The standard InChI is InChI=1S/C20H15ClN4O3/c21-12-3-4-15-14(9-12)17(13-2-1-6-24-19(13)26)18(20(27)28)25(15)10-11-5-7-23-16(22)8-11/h1-9,13H,10H2,(H2,22,23)(H,27,28)/p-1. The third kappa shape index (κ3) is 3.05. The lowest BCUT2D eigenvalue weighted by atomic mass is 9.93. The lowest BCUT2D eigenvalue weighted by molar-refractivity contribution is -0.255. The number of fused-ring (bicyclic) bond motifs is 1. The Bertz CT molecular complexity index is 1180. The van der Waals surface area contributed by atoms with Gasteiger partial charge in [-0.3, -0.25) is 4.79 Å². The van der Waals surface area contributed by atoms with Crippen LogP contribution in [-0.2, 0) is 11.3 Å². The molecule has 0 aliphatic carbocycles. The minimum Gasteiger partial charge on any atom is -0.543 e. The van der Waals surface area contributed by atoms with Gasteiger partial charge in [0, 0.05) is 40.4 Å². The second-order valence-corrected chi connectivity index (χ2v) is 6.80. The Balaban J connectivity index is 2.00. The highest BCUT2D eigenvalue weighted by Gasteiger charge is 2.28. The van der Waals surface area contributed by atoms with E-state index in [-0.39, 0.29) is 12.2 Å². The van der Waals surface area contributed by atoms with Crippen LogP contribution in [0, 0.1) is 0 Å². The van der Waals surface area contributed by atoms with Crippen LogP contribution in [0.15, 0.2) is 53.7 Å². The van der Waals surface area contributed by atoms with Gasteiger partial charge in [0.1, 0.15) is 5.82 Å². The van der Waals surface area contributed by atoms with Crippen molar-refractivity contribution in [2.75, 3.05) is 5.73 Å². The van der Waals surface area contributed by atoms with Crippen molar-refractivity contribution in [1.82, 2.24) is 9.55 Å². The molecule has 0 radical (unpaired) electrons. The number of pyridine rings is 1. The molecule has 2 N–H and O–H groups in total. The Kier molecular flexibility index (Phi) is 4.44. The molecule has 28 heavy (non-hydrogen) atoms. The van der Waals surface area contributed by atoms with Gasteiger partial charge in [-0.05, 0) is 42.0 Å². The molecular weight excluding hydrogens is 380 g/mol. The fraction of sp³-hybridized carbons (Fsp3) is 0.100. The summed E-state index contributed by atoms with van der Waals surface area (Å²) >= 11 is 6.16. The van der Waals surface area contributed by atoms with Gasteiger partial charge < -0.3 is 20.2 Å². The molecule has 0 fully saturated rings. The summed E-state index contributed by atoms with van der Waals surface area (Å²) in [5.41, 5.74) is 7.35. The SMILES string of the molecule is Nc1cc(Cn2c(C(=O)[O-])c(C3C=CC=NC3=O)c3cc(Cl)ccc32)ccn1. The van der Waals surface area contributed by atoms with Gasteiger partial charge in [0.2, 0.25) is 0 Å². The number of aromatic nitrogens is 2. The molecular formula is C20H14ClN4O3-. The second-order valence-electron chi connectivity index (χ2n) is 6.37. The van der Waals surface area contributed by atoms with Gasteiger partial charge in [-0.2, -0.15) is 0 Å². The Morgan fingerprint density at radius 3 is 2.82 bits per heavy atom. The molecule has 1 unspecified atom stereocenters. The number of nitrogens with two attached hydrogens (primary N) is 1. The number of dihydropyridines is 1. The maximum Gasteiger partial charge on any atom is 0.257 e. The molecule has 0 bridgehead atoms. The molecule has 4 rings (SSSR count). The van der Waals surface area contributed by atoms with Crippen LogP contribution in [0.4, 0.5) is 5.82 Å². The molecule has 1 aliphatic rings. The number of nitrogen functional groups attached to an aromatic ring is 1. The fourth-order valence-corrected chi connectivity index (χ4v) is 3.66. The second kappa shape index (κ2) is 6.94. The van der Waals surface area contributed by atoms with E-state index in [1.807, 2.05) is 0 Å². The predicted octanol–water partition coefficient (Wildman–Crippen LogP) is 1.93. The van der Waals surface area contributed by atoms with E-state index in [0.717, 1.165) is 5.56 Å².